The lowest BCUT2D eigenvalue weighted by molar-refractivity contribution is -0.121. The lowest BCUT2D eigenvalue weighted by atomic mass is 10.0. The van der Waals surface area contributed by atoms with E-state index in [2.05, 4.69) is 15.3 Å². The van der Waals surface area contributed by atoms with Crippen LogP contribution in [0.5, 0.6) is 0 Å². The molecular formula is C17H20FN3O2S. The SMILES string of the molecule is CCC(NC(=O)Cc1c(C)nc(SC)[nH]c1=O)c1ccc(F)cc1. The van der Waals surface area contributed by atoms with Crippen molar-refractivity contribution in [2.75, 3.05) is 6.26 Å². The maximum Gasteiger partial charge on any atom is 0.255 e. The van der Waals surface area contributed by atoms with E-state index in [0.717, 1.165) is 5.56 Å². The molecule has 0 aliphatic rings. The number of amides is 1. The van der Waals surface area contributed by atoms with E-state index in [-0.39, 0.29) is 29.7 Å². The summed E-state index contributed by atoms with van der Waals surface area (Å²) in [6, 6.07) is 5.80. The molecule has 1 aromatic carbocycles. The molecule has 0 aliphatic heterocycles. The molecule has 2 rings (SSSR count). The van der Waals surface area contributed by atoms with E-state index in [1.807, 2.05) is 13.2 Å². The Bertz CT molecular complexity index is 774. The number of aromatic nitrogens is 2. The van der Waals surface area contributed by atoms with Gasteiger partial charge in [0.05, 0.1) is 12.5 Å². The fourth-order valence-corrected chi connectivity index (χ4v) is 2.83. The standard InChI is InChI=1S/C17H20FN3O2S/c1-4-14(11-5-7-12(18)8-6-11)20-15(22)9-13-10(2)19-17(24-3)21-16(13)23/h5-8,14H,4,9H2,1-3H3,(H,20,22)(H,19,21,23). The zero-order valence-corrected chi connectivity index (χ0v) is 14.7. The van der Waals surface area contributed by atoms with Crippen LogP contribution in [0.1, 0.15) is 36.2 Å². The van der Waals surface area contributed by atoms with Crippen LogP contribution in [0.3, 0.4) is 0 Å². The number of benzene rings is 1. The van der Waals surface area contributed by atoms with Gasteiger partial charge in [-0.2, -0.15) is 0 Å². The Balaban J connectivity index is 2.12. The molecule has 0 spiro atoms. The lowest BCUT2D eigenvalue weighted by Crippen LogP contribution is -2.32. The van der Waals surface area contributed by atoms with E-state index in [1.54, 1.807) is 19.1 Å². The van der Waals surface area contributed by atoms with Crippen LogP contribution in [0.4, 0.5) is 4.39 Å². The van der Waals surface area contributed by atoms with E-state index >= 15 is 0 Å². The van der Waals surface area contributed by atoms with Crippen molar-refractivity contribution in [2.45, 2.75) is 37.9 Å². The summed E-state index contributed by atoms with van der Waals surface area (Å²) in [6.45, 7) is 3.65. The predicted octanol–water partition coefficient (Wildman–Crippen LogP) is 2.75. The van der Waals surface area contributed by atoms with Gasteiger partial charge in [0.2, 0.25) is 5.91 Å². The Morgan fingerprint density at radius 3 is 2.58 bits per heavy atom. The highest BCUT2D eigenvalue weighted by atomic mass is 32.2. The summed E-state index contributed by atoms with van der Waals surface area (Å²) in [6.07, 6.45) is 2.44. The molecule has 2 aromatic rings. The van der Waals surface area contributed by atoms with Crippen LogP contribution in [0.25, 0.3) is 0 Å². The molecule has 0 saturated carbocycles. The van der Waals surface area contributed by atoms with Crippen molar-refractivity contribution in [1.82, 2.24) is 15.3 Å². The summed E-state index contributed by atoms with van der Waals surface area (Å²) < 4.78 is 13.0. The fourth-order valence-electron chi connectivity index (χ4n) is 2.41. The summed E-state index contributed by atoms with van der Waals surface area (Å²) in [4.78, 5) is 31.3. The highest BCUT2D eigenvalue weighted by Gasteiger charge is 2.16. The van der Waals surface area contributed by atoms with Crippen LogP contribution in [0.2, 0.25) is 0 Å². The molecule has 5 nitrogen and oxygen atoms in total. The maximum atomic E-state index is 13.0. The summed E-state index contributed by atoms with van der Waals surface area (Å²) in [7, 11) is 0. The van der Waals surface area contributed by atoms with E-state index in [4.69, 9.17) is 0 Å². The maximum absolute atomic E-state index is 13.0. The Morgan fingerprint density at radius 1 is 1.38 bits per heavy atom. The largest absolute Gasteiger partial charge is 0.349 e. The van der Waals surface area contributed by atoms with Gasteiger partial charge >= 0.3 is 0 Å². The molecule has 1 atom stereocenters. The van der Waals surface area contributed by atoms with Crippen molar-refractivity contribution in [1.29, 1.82) is 0 Å². The first-order chi connectivity index (χ1) is 11.4. The van der Waals surface area contributed by atoms with Crippen molar-refractivity contribution in [3.63, 3.8) is 0 Å². The second-order valence-corrected chi connectivity index (χ2v) is 6.19. The van der Waals surface area contributed by atoms with Crippen molar-refractivity contribution in [2.24, 2.45) is 0 Å². The van der Waals surface area contributed by atoms with Gasteiger partial charge in [-0.25, -0.2) is 9.37 Å². The van der Waals surface area contributed by atoms with E-state index < -0.39 is 0 Å². The Labute approximate surface area is 144 Å². The van der Waals surface area contributed by atoms with Crippen LogP contribution in [-0.4, -0.2) is 22.1 Å². The highest BCUT2D eigenvalue weighted by Crippen LogP contribution is 2.17. The molecule has 1 amide bonds. The van der Waals surface area contributed by atoms with Gasteiger partial charge in [-0.05, 0) is 37.3 Å². The number of hydrogen-bond acceptors (Lipinski definition) is 4. The van der Waals surface area contributed by atoms with Crippen LogP contribution in [-0.2, 0) is 11.2 Å². The molecular weight excluding hydrogens is 329 g/mol. The zero-order valence-electron chi connectivity index (χ0n) is 13.9. The molecule has 1 aromatic heterocycles. The third kappa shape index (κ3) is 4.44. The summed E-state index contributed by atoms with van der Waals surface area (Å²) >= 11 is 1.34. The average Bonchev–Trinajstić information content (AvgIpc) is 2.56. The smallest absolute Gasteiger partial charge is 0.255 e. The minimum atomic E-state index is -0.318. The number of aryl methyl sites for hydroxylation is 1. The molecule has 0 aliphatic carbocycles. The first-order valence-corrected chi connectivity index (χ1v) is 8.85. The summed E-state index contributed by atoms with van der Waals surface area (Å²) in [5.74, 6) is -0.583. The van der Waals surface area contributed by atoms with Crippen molar-refractivity contribution < 1.29 is 9.18 Å². The van der Waals surface area contributed by atoms with Crippen molar-refractivity contribution in [3.05, 3.63) is 57.3 Å². The lowest BCUT2D eigenvalue weighted by Gasteiger charge is -2.17. The van der Waals surface area contributed by atoms with Gasteiger partial charge in [0.1, 0.15) is 5.82 Å². The predicted molar refractivity (Wildman–Crippen MR) is 92.7 cm³/mol. The topological polar surface area (TPSA) is 74.8 Å². The van der Waals surface area contributed by atoms with Crippen molar-refractivity contribution in [3.8, 4) is 0 Å². The first kappa shape index (κ1) is 18.2. The van der Waals surface area contributed by atoms with E-state index in [9.17, 15) is 14.0 Å². The molecule has 128 valence electrons. The molecule has 0 radical (unpaired) electrons. The number of hydrogen-bond donors (Lipinski definition) is 2. The number of thioether (sulfide) groups is 1. The van der Waals surface area contributed by atoms with Crippen LogP contribution < -0.4 is 10.9 Å². The molecule has 0 saturated heterocycles. The zero-order chi connectivity index (χ0) is 17.7. The van der Waals surface area contributed by atoms with Crippen LogP contribution in [0.15, 0.2) is 34.2 Å². The van der Waals surface area contributed by atoms with Crippen LogP contribution >= 0.6 is 11.8 Å². The van der Waals surface area contributed by atoms with Crippen LogP contribution in [0, 0.1) is 12.7 Å². The fraction of sp³-hybridized carbons (Fsp3) is 0.353. The third-order valence-corrected chi connectivity index (χ3v) is 4.33. The van der Waals surface area contributed by atoms with Gasteiger partial charge < -0.3 is 10.3 Å². The molecule has 1 heterocycles. The minimum Gasteiger partial charge on any atom is -0.349 e. The molecule has 0 bridgehead atoms. The summed E-state index contributed by atoms with van der Waals surface area (Å²) in [5, 5.41) is 3.41. The molecule has 2 N–H and O–H groups in total. The normalized spacial score (nSPS) is 12.0. The number of halogens is 1. The van der Waals surface area contributed by atoms with Gasteiger partial charge in [0.25, 0.3) is 5.56 Å². The molecule has 1 unspecified atom stereocenters. The van der Waals surface area contributed by atoms with Gasteiger partial charge in [-0.3, -0.25) is 9.59 Å². The molecule has 0 fully saturated rings. The first-order valence-electron chi connectivity index (χ1n) is 7.63. The molecule has 24 heavy (non-hydrogen) atoms. The quantitative estimate of drug-likeness (QED) is 0.621. The van der Waals surface area contributed by atoms with E-state index in [1.165, 1.54) is 23.9 Å². The summed E-state index contributed by atoms with van der Waals surface area (Å²) in [5.41, 5.74) is 1.44. The highest BCUT2D eigenvalue weighted by molar-refractivity contribution is 7.98. The average molecular weight is 349 g/mol. The third-order valence-electron chi connectivity index (χ3n) is 3.75. The van der Waals surface area contributed by atoms with Gasteiger partial charge in [-0.15, -0.1) is 0 Å². The number of aromatic amines is 1. The van der Waals surface area contributed by atoms with Gasteiger partial charge in [-0.1, -0.05) is 30.8 Å². The number of H-pyrrole nitrogens is 1. The Morgan fingerprint density at radius 2 is 2.04 bits per heavy atom. The van der Waals surface area contributed by atoms with Gasteiger partial charge in [0.15, 0.2) is 5.16 Å². The number of nitrogens with zero attached hydrogens (tertiary/aromatic N) is 1. The number of rotatable bonds is 6. The second-order valence-electron chi connectivity index (χ2n) is 5.40. The monoisotopic (exact) mass is 349 g/mol. The number of carbonyl (C=O) groups is 1. The Kier molecular flexibility index (Phi) is 6.14. The number of carbonyl (C=O) groups excluding carboxylic acids is 1. The van der Waals surface area contributed by atoms with Crippen molar-refractivity contribution >= 4 is 17.7 Å². The number of nitrogens with one attached hydrogen (secondary N) is 2. The molecule has 7 heteroatoms. The van der Waals surface area contributed by atoms with Gasteiger partial charge in [0, 0.05) is 11.3 Å². The Hall–Kier alpha value is -2.15. The van der Waals surface area contributed by atoms with E-state index in [0.29, 0.717) is 22.8 Å². The second kappa shape index (κ2) is 8.10. The minimum absolute atomic E-state index is 0.0411.